The van der Waals surface area contributed by atoms with Crippen molar-refractivity contribution < 1.29 is 22.5 Å². The minimum Gasteiger partial charge on any atom is -0.740 e. The molecule has 2 N–H and O–H groups in total. The molecule has 106 valence electrons. The summed E-state index contributed by atoms with van der Waals surface area (Å²) in [6, 6.07) is 8.98. The van der Waals surface area contributed by atoms with E-state index in [1.54, 1.807) is 18.2 Å². The zero-order valence-electron chi connectivity index (χ0n) is 10.5. The van der Waals surface area contributed by atoms with Gasteiger partial charge in [-0.15, -0.1) is 0 Å². The molecule has 0 heterocycles. The van der Waals surface area contributed by atoms with E-state index in [1.807, 2.05) is 0 Å². The number of rotatable bonds is 2. The maximum atomic E-state index is 12.5. The first-order valence-electron chi connectivity index (χ1n) is 5.89. The molecule has 0 saturated carbocycles. The minimum atomic E-state index is -2.82. The van der Waals surface area contributed by atoms with E-state index in [4.69, 9.17) is 5.73 Å². The maximum Gasteiger partial charge on any atom is 0.196 e. The van der Waals surface area contributed by atoms with Crippen molar-refractivity contribution in [3.63, 3.8) is 0 Å². The van der Waals surface area contributed by atoms with E-state index in [1.165, 1.54) is 18.2 Å². The number of anilines is 1. The van der Waals surface area contributed by atoms with Gasteiger partial charge in [-0.25, -0.2) is 4.21 Å². The second-order valence-electron chi connectivity index (χ2n) is 4.39. The fraction of sp³-hybridized carbons (Fsp3) is 0. The molecule has 0 spiro atoms. The van der Waals surface area contributed by atoms with Crippen LogP contribution in [0.25, 0.3) is 0 Å². The molecule has 6 nitrogen and oxygen atoms in total. The molecule has 0 radical (unpaired) electrons. The van der Waals surface area contributed by atoms with Gasteiger partial charge in [-0.3, -0.25) is 9.59 Å². The third-order valence-electron chi connectivity index (χ3n) is 3.25. The average molecular weight is 302 g/mol. The molecular weight excluding hydrogens is 294 g/mol. The summed E-state index contributed by atoms with van der Waals surface area (Å²) in [5.74, 6) is -0.941. The largest absolute Gasteiger partial charge is 0.740 e. The van der Waals surface area contributed by atoms with E-state index in [-0.39, 0.29) is 33.9 Å². The van der Waals surface area contributed by atoms with Crippen molar-refractivity contribution in [2.45, 2.75) is 0 Å². The molecule has 2 aromatic carbocycles. The minimum absolute atomic E-state index is 0.0262. The number of carbonyl (C=O) groups is 2. The highest BCUT2D eigenvalue weighted by atomic mass is 32.2. The second kappa shape index (κ2) is 4.80. The summed E-state index contributed by atoms with van der Waals surface area (Å²) in [7, 11) is 0. The van der Waals surface area contributed by atoms with Gasteiger partial charge in [-0.2, -0.15) is 0 Å². The van der Waals surface area contributed by atoms with Gasteiger partial charge in [0, 0.05) is 16.7 Å². The van der Waals surface area contributed by atoms with Gasteiger partial charge in [0.15, 0.2) is 17.3 Å². The number of fused-ring (bicyclic) bond motifs is 2. The Bertz CT molecular complexity index is 815. The van der Waals surface area contributed by atoms with Crippen LogP contribution in [-0.4, -0.2) is 20.3 Å². The lowest BCUT2D eigenvalue weighted by atomic mass is 9.83. The summed E-state index contributed by atoms with van der Waals surface area (Å²) >= 11 is -2.82. The van der Waals surface area contributed by atoms with Crippen molar-refractivity contribution in [1.29, 1.82) is 0 Å². The fourth-order valence-electron chi connectivity index (χ4n) is 2.34. The lowest BCUT2D eigenvalue weighted by Gasteiger charge is -2.20. The lowest BCUT2D eigenvalue weighted by molar-refractivity contribution is 0.0979. The number of benzene rings is 2. The van der Waals surface area contributed by atoms with Crippen molar-refractivity contribution in [3.05, 3.63) is 58.7 Å². The molecule has 3 rings (SSSR count). The predicted octanol–water partition coefficient (Wildman–Crippen LogP) is 1.22. The average Bonchev–Trinajstić information content (AvgIpc) is 2.46. The van der Waals surface area contributed by atoms with E-state index >= 15 is 0 Å². The summed E-state index contributed by atoms with van der Waals surface area (Å²) in [6.07, 6.45) is 0. The zero-order chi connectivity index (χ0) is 15.1. The van der Waals surface area contributed by atoms with Gasteiger partial charge in [0.25, 0.3) is 0 Å². The Balaban J connectivity index is 2.24. The van der Waals surface area contributed by atoms with Gasteiger partial charge in [0.2, 0.25) is 0 Å². The standard InChI is InChI=1S/C14H9NO5S/c15-12-10(20-21(18)19)6-5-9-11(12)14(17)8-4-2-1-3-7(8)13(9)16/h1-6H,15H2,(H,18,19)/p-1. The van der Waals surface area contributed by atoms with Crippen LogP contribution in [0.15, 0.2) is 36.4 Å². The third-order valence-corrected chi connectivity index (χ3v) is 3.57. The van der Waals surface area contributed by atoms with Crippen molar-refractivity contribution in [1.82, 2.24) is 0 Å². The highest BCUT2D eigenvalue weighted by Crippen LogP contribution is 2.35. The Kier molecular flexibility index (Phi) is 3.08. The van der Waals surface area contributed by atoms with E-state index < -0.39 is 17.1 Å². The SMILES string of the molecule is Nc1c(OS(=O)[O-])ccc2c1C(=O)c1ccccc1C2=O. The fourth-order valence-corrected chi connectivity index (χ4v) is 2.63. The molecular formula is C14H8NO5S-. The van der Waals surface area contributed by atoms with Crippen LogP contribution in [-0.2, 0) is 11.4 Å². The van der Waals surface area contributed by atoms with Crippen LogP contribution in [0.1, 0.15) is 31.8 Å². The Morgan fingerprint density at radius 2 is 1.57 bits per heavy atom. The quantitative estimate of drug-likeness (QED) is 0.563. The zero-order valence-corrected chi connectivity index (χ0v) is 11.3. The molecule has 7 heteroatoms. The van der Waals surface area contributed by atoms with Crippen molar-refractivity contribution in [2.75, 3.05) is 5.73 Å². The molecule has 2 aromatic rings. The number of nitrogen functional groups attached to an aromatic ring is 1. The van der Waals surface area contributed by atoms with E-state index in [9.17, 15) is 18.4 Å². The highest BCUT2D eigenvalue weighted by Gasteiger charge is 2.32. The topological polar surface area (TPSA) is 110 Å². The molecule has 1 atom stereocenters. The van der Waals surface area contributed by atoms with E-state index in [0.29, 0.717) is 5.56 Å². The number of hydrogen-bond acceptors (Lipinski definition) is 6. The molecule has 0 aliphatic heterocycles. The molecule has 0 saturated heterocycles. The van der Waals surface area contributed by atoms with Crippen LogP contribution >= 0.6 is 0 Å². The van der Waals surface area contributed by atoms with Crippen LogP contribution in [0.4, 0.5) is 5.69 Å². The molecule has 0 bridgehead atoms. The number of nitrogens with two attached hydrogens (primary N) is 1. The monoisotopic (exact) mass is 302 g/mol. The van der Waals surface area contributed by atoms with Gasteiger partial charge in [-0.05, 0) is 12.1 Å². The van der Waals surface area contributed by atoms with Gasteiger partial charge in [0.1, 0.15) is 11.4 Å². The first kappa shape index (κ1) is 13.5. The van der Waals surface area contributed by atoms with Gasteiger partial charge in [-0.1, -0.05) is 24.3 Å². The summed E-state index contributed by atoms with van der Waals surface area (Å²) in [5, 5.41) is 0. The van der Waals surface area contributed by atoms with E-state index in [2.05, 4.69) is 4.18 Å². The smallest absolute Gasteiger partial charge is 0.196 e. The molecule has 21 heavy (non-hydrogen) atoms. The number of carbonyl (C=O) groups excluding carboxylic acids is 2. The van der Waals surface area contributed by atoms with Crippen molar-refractivity contribution in [3.8, 4) is 5.75 Å². The van der Waals surface area contributed by atoms with Gasteiger partial charge < -0.3 is 14.5 Å². The molecule has 1 aliphatic carbocycles. The van der Waals surface area contributed by atoms with Gasteiger partial charge in [0.05, 0.1) is 11.3 Å². The third kappa shape index (κ3) is 2.03. The normalized spacial score (nSPS) is 14.3. The molecule has 0 aromatic heterocycles. The second-order valence-corrected chi connectivity index (χ2v) is 4.97. The first-order chi connectivity index (χ1) is 10.0. The number of ketones is 2. The Morgan fingerprint density at radius 3 is 2.19 bits per heavy atom. The van der Waals surface area contributed by atoms with Crippen molar-refractivity contribution >= 4 is 28.6 Å². The molecule has 0 fully saturated rings. The molecule has 1 unspecified atom stereocenters. The number of hydrogen-bond donors (Lipinski definition) is 1. The van der Waals surface area contributed by atoms with Crippen LogP contribution in [0.3, 0.4) is 0 Å². The molecule has 1 aliphatic rings. The summed E-state index contributed by atoms with van der Waals surface area (Å²) in [5.41, 5.74) is 6.28. The molecule has 0 amide bonds. The Labute approximate surface area is 122 Å². The van der Waals surface area contributed by atoms with Crippen LogP contribution in [0, 0.1) is 0 Å². The van der Waals surface area contributed by atoms with Gasteiger partial charge >= 0.3 is 0 Å². The highest BCUT2D eigenvalue weighted by molar-refractivity contribution is 7.74. The van der Waals surface area contributed by atoms with E-state index in [0.717, 1.165) is 0 Å². The Morgan fingerprint density at radius 1 is 0.952 bits per heavy atom. The first-order valence-corrected chi connectivity index (χ1v) is 6.89. The predicted molar refractivity (Wildman–Crippen MR) is 73.7 cm³/mol. The van der Waals surface area contributed by atoms with Crippen LogP contribution in [0.2, 0.25) is 0 Å². The summed E-state index contributed by atoms with van der Waals surface area (Å²) in [6.45, 7) is 0. The summed E-state index contributed by atoms with van der Waals surface area (Å²) in [4.78, 5) is 24.8. The van der Waals surface area contributed by atoms with Crippen LogP contribution in [0.5, 0.6) is 5.75 Å². The van der Waals surface area contributed by atoms with Crippen LogP contribution < -0.4 is 9.92 Å². The maximum absolute atomic E-state index is 12.5. The summed E-state index contributed by atoms with van der Waals surface area (Å²) < 4.78 is 25.7. The Hall–Kier alpha value is -2.51. The van der Waals surface area contributed by atoms with Crippen molar-refractivity contribution in [2.24, 2.45) is 0 Å². The lowest BCUT2D eigenvalue weighted by Crippen LogP contribution is -2.22.